The van der Waals surface area contributed by atoms with Gasteiger partial charge in [-0.3, -0.25) is 4.79 Å². The number of benzene rings is 2. The van der Waals surface area contributed by atoms with E-state index < -0.39 is 5.60 Å². The number of hydrogen-bond donors (Lipinski definition) is 1. The van der Waals surface area contributed by atoms with Crippen molar-refractivity contribution in [2.45, 2.75) is 18.9 Å². The number of nitrogens with zero attached hydrogens (tertiary/aromatic N) is 1. The predicted octanol–water partition coefficient (Wildman–Crippen LogP) is 2.66. The molecule has 1 atom stereocenters. The average Bonchev–Trinajstić information content (AvgIpc) is 3.03. The summed E-state index contributed by atoms with van der Waals surface area (Å²) in [6.45, 7) is 2.86. The zero-order valence-corrected chi connectivity index (χ0v) is 14.6. The molecule has 0 bridgehead atoms. The molecule has 1 aliphatic rings. The van der Waals surface area contributed by atoms with E-state index in [1.165, 1.54) is 0 Å². The number of ether oxygens (including phenoxy) is 2. The molecule has 5 heteroatoms. The van der Waals surface area contributed by atoms with Gasteiger partial charge >= 0.3 is 0 Å². The first-order valence-electron chi connectivity index (χ1n) is 8.35. The molecule has 132 valence electrons. The van der Waals surface area contributed by atoms with Gasteiger partial charge in [0.2, 0.25) is 0 Å². The van der Waals surface area contributed by atoms with E-state index >= 15 is 0 Å². The Balaban J connectivity index is 1.66. The van der Waals surface area contributed by atoms with E-state index in [2.05, 4.69) is 0 Å². The van der Waals surface area contributed by atoms with Crippen LogP contribution in [0.5, 0.6) is 11.5 Å². The largest absolute Gasteiger partial charge is 0.496 e. The second-order valence-electron chi connectivity index (χ2n) is 6.46. The minimum absolute atomic E-state index is 0.135. The summed E-state index contributed by atoms with van der Waals surface area (Å²) >= 11 is 0. The number of aliphatic hydroxyl groups is 1. The minimum Gasteiger partial charge on any atom is -0.496 e. The van der Waals surface area contributed by atoms with Crippen LogP contribution in [0.3, 0.4) is 0 Å². The first-order valence-corrected chi connectivity index (χ1v) is 8.35. The maximum absolute atomic E-state index is 12.7. The van der Waals surface area contributed by atoms with Crippen molar-refractivity contribution < 1.29 is 19.4 Å². The Bertz CT molecular complexity index is 761. The molecular weight excluding hydrogens is 318 g/mol. The Morgan fingerprint density at radius 1 is 1.16 bits per heavy atom. The number of amides is 1. The fourth-order valence-corrected chi connectivity index (χ4v) is 3.07. The van der Waals surface area contributed by atoms with Crippen LogP contribution < -0.4 is 9.47 Å². The highest BCUT2D eigenvalue weighted by molar-refractivity contribution is 5.97. The lowest BCUT2D eigenvalue weighted by molar-refractivity contribution is 0.00410. The van der Waals surface area contributed by atoms with Crippen LogP contribution in [0.25, 0.3) is 0 Å². The van der Waals surface area contributed by atoms with E-state index in [1.54, 1.807) is 30.2 Å². The van der Waals surface area contributed by atoms with Gasteiger partial charge in [-0.2, -0.15) is 0 Å². The lowest BCUT2D eigenvalue weighted by Gasteiger charge is -2.24. The Morgan fingerprint density at radius 3 is 2.56 bits per heavy atom. The molecule has 2 aromatic rings. The topological polar surface area (TPSA) is 59.0 Å². The number of hydrogen-bond acceptors (Lipinski definition) is 4. The van der Waals surface area contributed by atoms with Crippen molar-refractivity contribution in [2.75, 3.05) is 26.8 Å². The second-order valence-corrected chi connectivity index (χ2v) is 6.46. The third-order valence-corrected chi connectivity index (χ3v) is 4.55. The standard InChI is InChI=1S/C20H23NO4/c1-15-7-3-5-9-17(15)25-14-20(23)11-12-21(13-20)19(22)16-8-4-6-10-18(16)24-2/h3-10,23H,11-14H2,1-2H3/t20-/m1/s1. The monoisotopic (exact) mass is 341 g/mol. The van der Waals surface area contributed by atoms with E-state index in [9.17, 15) is 9.90 Å². The van der Waals surface area contributed by atoms with Crippen molar-refractivity contribution in [3.05, 3.63) is 59.7 Å². The van der Waals surface area contributed by atoms with Gasteiger partial charge in [0.05, 0.1) is 19.2 Å². The van der Waals surface area contributed by atoms with Crippen LogP contribution in [0, 0.1) is 6.92 Å². The molecule has 1 amide bonds. The van der Waals surface area contributed by atoms with Crippen molar-refractivity contribution in [1.29, 1.82) is 0 Å². The second kappa shape index (κ2) is 7.15. The highest BCUT2D eigenvalue weighted by Crippen LogP contribution is 2.27. The van der Waals surface area contributed by atoms with Crippen LogP contribution in [0.4, 0.5) is 0 Å². The molecule has 0 unspecified atom stereocenters. The van der Waals surface area contributed by atoms with Crippen LogP contribution >= 0.6 is 0 Å². The minimum atomic E-state index is -1.04. The fraction of sp³-hybridized carbons (Fsp3) is 0.350. The molecule has 0 aromatic heterocycles. The molecule has 0 saturated carbocycles. The Labute approximate surface area is 147 Å². The molecule has 0 radical (unpaired) electrons. The summed E-state index contributed by atoms with van der Waals surface area (Å²) in [5.41, 5.74) is 0.486. The summed E-state index contributed by atoms with van der Waals surface area (Å²) in [6, 6.07) is 14.8. The molecule has 1 heterocycles. The number of carbonyl (C=O) groups excluding carboxylic acids is 1. The fourth-order valence-electron chi connectivity index (χ4n) is 3.07. The molecule has 1 aliphatic heterocycles. The third-order valence-electron chi connectivity index (χ3n) is 4.55. The SMILES string of the molecule is COc1ccccc1C(=O)N1CC[C@](O)(COc2ccccc2C)C1. The van der Waals surface area contributed by atoms with Crippen molar-refractivity contribution in [2.24, 2.45) is 0 Å². The van der Waals surface area contributed by atoms with Crippen LogP contribution in [-0.4, -0.2) is 48.3 Å². The molecule has 5 nitrogen and oxygen atoms in total. The highest BCUT2D eigenvalue weighted by Gasteiger charge is 2.39. The van der Waals surface area contributed by atoms with Crippen LogP contribution in [-0.2, 0) is 0 Å². The van der Waals surface area contributed by atoms with E-state index in [-0.39, 0.29) is 19.1 Å². The quantitative estimate of drug-likeness (QED) is 0.908. The maximum Gasteiger partial charge on any atom is 0.257 e. The molecule has 1 fully saturated rings. The highest BCUT2D eigenvalue weighted by atomic mass is 16.5. The van der Waals surface area contributed by atoms with Crippen molar-refractivity contribution in [3.8, 4) is 11.5 Å². The summed E-state index contributed by atoms with van der Waals surface area (Å²) in [4.78, 5) is 14.4. The number of likely N-dealkylation sites (tertiary alicyclic amines) is 1. The van der Waals surface area contributed by atoms with Crippen LogP contribution in [0.1, 0.15) is 22.3 Å². The maximum atomic E-state index is 12.7. The van der Waals surface area contributed by atoms with Gasteiger partial charge in [0.1, 0.15) is 23.7 Å². The molecular formula is C20H23NO4. The van der Waals surface area contributed by atoms with Gasteiger partial charge in [0, 0.05) is 6.54 Å². The number of β-amino-alcohol motifs (C(OH)–C–C–N with tert-alkyl or cyclic N) is 1. The zero-order chi connectivity index (χ0) is 17.9. The van der Waals surface area contributed by atoms with E-state index in [0.717, 1.165) is 11.3 Å². The lowest BCUT2D eigenvalue weighted by atomic mass is 10.1. The molecule has 25 heavy (non-hydrogen) atoms. The number of rotatable bonds is 5. The van der Waals surface area contributed by atoms with Crippen molar-refractivity contribution in [3.63, 3.8) is 0 Å². The summed E-state index contributed by atoms with van der Waals surface area (Å²) in [5, 5.41) is 10.8. The number of aryl methyl sites for hydroxylation is 1. The molecule has 2 aromatic carbocycles. The number of para-hydroxylation sites is 2. The first kappa shape index (κ1) is 17.3. The molecule has 3 rings (SSSR count). The molecule has 0 spiro atoms. The van der Waals surface area contributed by atoms with Gasteiger partial charge in [-0.25, -0.2) is 0 Å². The predicted molar refractivity (Wildman–Crippen MR) is 95.1 cm³/mol. The van der Waals surface area contributed by atoms with Crippen molar-refractivity contribution >= 4 is 5.91 Å². The molecule has 1 saturated heterocycles. The van der Waals surface area contributed by atoms with Crippen LogP contribution in [0.2, 0.25) is 0 Å². The summed E-state index contributed by atoms with van der Waals surface area (Å²) in [5.74, 6) is 1.16. The zero-order valence-electron chi connectivity index (χ0n) is 14.6. The summed E-state index contributed by atoms with van der Waals surface area (Å²) < 4.78 is 11.1. The van der Waals surface area contributed by atoms with Gasteiger partial charge in [0.15, 0.2) is 0 Å². The molecule has 1 N–H and O–H groups in total. The third kappa shape index (κ3) is 3.77. The summed E-state index contributed by atoms with van der Waals surface area (Å²) in [6.07, 6.45) is 0.486. The van der Waals surface area contributed by atoms with Crippen LogP contribution in [0.15, 0.2) is 48.5 Å². The lowest BCUT2D eigenvalue weighted by Crippen LogP contribution is -2.40. The van der Waals surface area contributed by atoms with Gasteiger partial charge in [-0.05, 0) is 37.1 Å². The summed E-state index contributed by atoms with van der Waals surface area (Å²) in [7, 11) is 1.54. The average molecular weight is 341 g/mol. The number of carbonyl (C=O) groups is 1. The van der Waals surface area contributed by atoms with E-state index in [0.29, 0.717) is 24.3 Å². The Hall–Kier alpha value is -2.53. The smallest absolute Gasteiger partial charge is 0.257 e. The van der Waals surface area contributed by atoms with Crippen molar-refractivity contribution in [1.82, 2.24) is 4.90 Å². The normalized spacial score (nSPS) is 19.7. The van der Waals surface area contributed by atoms with E-state index in [4.69, 9.17) is 9.47 Å². The van der Waals surface area contributed by atoms with E-state index in [1.807, 2.05) is 37.3 Å². The van der Waals surface area contributed by atoms with Gasteiger partial charge in [-0.15, -0.1) is 0 Å². The van der Waals surface area contributed by atoms with Gasteiger partial charge in [0.25, 0.3) is 5.91 Å². The Kier molecular flexibility index (Phi) is 4.95. The first-order chi connectivity index (χ1) is 12.0. The number of methoxy groups -OCH3 is 1. The van der Waals surface area contributed by atoms with Gasteiger partial charge < -0.3 is 19.5 Å². The van der Waals surface area contributed by atoms with Gasteiger partial charge in [-0.1, -0.05) is 30.3 Å². The Morgan fingerprint density at radius 2 is 1.84 bits per heavy atom. The molecule has 0 aliphatic carbocycles.